The van der Waals surface area contributed by atoms with E-state index in [1.54, 1.807) is 0 Å². The number of unbranched alkanes of at least 4 members (excludes halogenated alkanes) is 8. The molecule has 0 spiro atoms. The third kappa shape index (κ3) is 8.92. The van der Waals surface area contributed by atoms with Crippen LogP contribution in [0.1, 0.15) is 75.1 Å². The lowest BCUT2D eigenvalue weighted by Gasteiger charge is -2.05. The van der Waals surface area contributed by atoms with Gasteiger partial charge < -0.3 is 5.32 Å². The van der Waals surface area contributed by atoms with E-state index < -0.39 is 0 Å². The second-order valence-corrected chi connectivity index (χ2v) is 6.51. The third-order valence-corrected chi connectivity index (χ3v) is 4.20. The van der Waals surface area contributed by atoms with Crippen LogP contribution < -0.4 is 5.32 Å². The molecule has 0 fully saturated rings. The Labute approximate surface area is 137 Å². The molecule has 1 aromatic rings. The van der Waals surface area contributed by atoms with Crippen LogP contribution in [0.4, 0.5) is 0 Å². The highest BCUT2D eigenvalue weighted by Gasteiger charge is 2.03. The Bertz CT molecular complexity index is 389. The van der Waals surface area contributed by atoms with Crippen LogP contribution >= 0.6 is 15.9 Å². The van der Waals surface area contributed by atoms with Crippen LogP contribution in [0.3, 0.4) is 0 Å². The predicted molar refractivity (Wildman–Crippen MR) is 93.7 cm³/mol. The van der Waals surface area contributed by atoms with E-state index in [-0.39, 0.29) is 5.91 Å². The lowest BCUT2D eigenvalue weighted by molar-refractivity contribution is 0.0953. The third-order valence-electron chi connectivity index (χ3n) is 3.67. The number of hydrogen-bond donors (Lipinski definition) is 1. The first-order valence-corrected chi connectivity index (χ1v) is 9.07. The molecule has 0 aliphatic heterocycles. The van der Waals surface area contributed by atoms with Crippen molar-refractivity contribution in [3.8, 4) is 0 Å². The molecule has 2 nitrogen and oxygen atoms in total. The van der Waals surface area contributed by atoms with Gasteiger partial charge in [-0.1, -0.05) is 74.2 Å². The molecule has 0 heterocycles. The molecule has 1 rings (SSSR count). The molecule has 3 heteroatoms. The Morgan fingerprint density at radius 2 is 1.43 bits per heavy atom. The lowest BCUT2D eigenvalue weighted by Crippen LogP contribution is -2.24. The highest BCUT2D eigenvalue weighted by atomic mass is 79.9. The van der Waals surface area contributed by atoms with E-state index in [0.29, 0.717) is 0 Å². The second kappa shape index (κ2) is 11.8. The van der Waals surface area contributed by atoms with Gasteiger partial charge in [0.25, 0.3) is 5.91 Å². The Kier molecular flexibility index (Phi) is 10.2. The highest BCUT2D eigenvalue weighted by Crippen LogP contribution is 2.11. The van der Waals surface area contributed by atoms with Crippen LogP contribution in [-0.2, 0) is 0 Å². The maximum Gasteiger partial charge on any atom is 0.251 e. The molecule has 0 saturated heterocycles. The van der Waals surface area contributed by atoms with E-state index in [2.05, 4.69) is 28.2 Å². The zero-order valence-corrected chi connectivity index (χ0v) is 14.8. The molecule has 0 atom stereocenters. The first kappa shape index (κ1) is 18.2. The van der Waals surface area contributed by atoms with E-state index in [0.717, 1.165) is 23.0 Å². The van der Waals surface area contributed by atoms with Gasteiger partial charge in [-0.2, -0.15) is 0 Å². The minimum atomic E-state index is 0.0297. The summed E-state index contributed by atoms with van der Waals surface area (Å²) in [6, 6.07) is 7.48. The van der Waals surface area contributed by atoms with Crippen LogP contribution in [0.5, 0.6) is 0 Å². The highest BCUT2D eigenvalue weighted by molar-refractivity contribution is 9.10. The van der Waals surface area contributed by atoms with Crippen molar-refractivity contribution in [2.24, 2.45) is 0 Å². The zero-order valence-electron chi connectivity index (χ0n) is 13.2. The SMILES string of the molecule is CCCCCCCCCCCNC(=O)c1ccc(Br)cc1. The molecular weight excluding hydrogens is 326 g/mol. The van der Waals surface area contributed by atoms with Gasteiger partial charge in [0.2, 0.25) is 0 Å². The summed E-state index contributed by atoms with van der Waals surface area (Å²) in [6.07, 6.45) is 11.8. The number of nitrogens with one attached hydrogen (secondary N) is 1. The molecule has 1 aromatic carbocycles. The Hall–Kier alpha value is -0.830. The van der Waals surface area contributed by atoms with Gasteiger partial charge in [-0.15, -0.1) is 0 Å². The molecule has 0 aromatic heterocycles. The molecule has 0 aliphatic carbocycles. The Morgan fingerprint density at radius 3 is 2.00 bits per heavy atom. The number of benzene rings is 1. The van der Waals surface area contributed by atoms with Crippen LogP contribution in [0, 0.1) is 0 Å². The molecule has 0 saturated carbocycles. The van der Waals surface area contributed by atoms with Crippen molar-refractivity contribution < 1.29 is 4.79 Å². The average Bonchev–Trinajstić information content (AvgIpc) is 2.49. The number of carbonyl (C=O) groups is 1. The van der Waals surface area contributed by atoms with Crippen LogP contribution in [0.15, 0.2) is 28.7 Å². The summed E-state index contributed by atoms with van der Waals surface area (Å²) in [7, 11) is 0. The first-order chi connectivity index (χ1) is 10.2. The second-order valence-electron chi connectivity index (χ2n) is 5.59. The van der Waals surface area contributed by atoms with Crippen molar-refractivity contribution in [1.82, 2.24) is 5.32 Å². The standard InChI is InChI=1S/C18H28BrNO/c1-2-3-4-5-6-7-8-9-10-15-20-18(21)16-11-13-17(19)14-12-16/h11-14H,2-10,15H2,1H3,(H,20,21). The summed E-state index contributed by atoms with van der Waals surface area (Å²) in [4.78, 5) is 11.9. The summed E-state index contributed by atoms with van der Waals surface area (Å²) in [5, 5.41) is 2.98. The van der Waals surface area contributed by atoms with E-state index in [4.69, 9.17) is 0 Å². The molecule has 1 amide bonds. The average molecular weight is 354 g/mol. The number of carbonyl (C=O) groups excluding carboxylic acids is 1. The molecular formula is C18H28BrNO. The van der Waals surface area contributed by atoms with Crippen molar-refractivity contribution in [3.05, 3.63) is 34.3 Å². The topological polar surface area (TPSA) is 29.1 Å². The van der Waals surface area contributed by atoms with Gasteiger partial charge in [-0.25, -0.2) is 0 Å². The number of amides is 1. The monoisotopic (exact) mass is 353 g/mol. The molecule has 0 unspecified atom stereocenters. The van der Waals surface area contributed by atoms with Gasteiger partial charge >= 0.3 is 0 Å². The zero-order chi connectivity index (χ0) is 15.3. The molecule has 0 radical (unpaired) electrons. The van der Waals surface area contributed by atoms with Crippen LogP contribution in [-0.4, -0.2) is 12.5 Å². The fraction of sp³-hybridized carbons (Fsp3) is 0.611. The minimum Gasteiger partial charge on any atom is -0.352 e. The lowest BCUT2D eigenvalue weighted by atomic mass is 10.1. The molecule has 1 N–H and O–H groups in total. The van der Waals surface area contributed by atoms with Crippen LogP contribution in [0.2, 0.25) is 0 Å². The molecule has 118 valence electrons. The van der Waals surface area contributed by atoms with E-state index in [9.17, 15) is 4.79 Å². The van der Waals surface area contributed by atoms with E-state index >= 15 is 0 Å². The fourth-order valence-corrected chi connectivity index (χ4v) is 2.61. The summed E-state index contributed by atoms with van der Waals surface area (Å²) >= 11 is 3.37. The summed E-state index contributed by atoms with van der Waals surface area (Å²) in [5.41, 5.74) is 0.731. The van der Waals surface area contributed by atoms with Gasteiger partial charge in [0, 0.05) is 16.6 Å². The maximum atomic E-state index is 11.9. The van der Waals surface area contributed by atoms with Gasteiger partial charge in [0.05, 0.1) is 0 Å². The molecule has 21 heavy (non-hydrogen) atoms. The summed E-state index contributed by atoms with van der Waals surface area (Å²) in [5.74, 6) is 0.0297. The first-order valence-electron chi connectivity index (χ1n) is 8.28. The largest absolute Gasteiger partial charge is 0.352 e. The maximum absolute atomic E-state index is 11.9. The Balaban J connectivity index is 1.96. The van der Waals surface area contributed by atoms with E-state index in [1.165, 1.54) is 51.4 Å². The van der Waals surface area contributed by atoms with Crippen molar-refractivity contribution in [1.29, 1.82) is 0 Å². The van der Waals surface area contributed by atoms with Crippen LogP contribution in [0.25, 0.3) is 0 Å². The summed E-state index contributed by atoms with van der Waals surface area (Å²) in [6.45, 7) is 3.04. The van der Waals surface area contributed by atoms with E-state index in [1.807, 2.05) is 24.3 Å². The van der Waals surface area contributed by atoms with Crippen molar-refractivity contribution in [2.75, 3.05) is 6.54 Å². The normalized spacial score (nSPS) is 10.6. The minimum absolute atomic E-state index is 0.0297. The van der Waals surface area contributed by atoms with Gasteiger partial charge in [-0.3, -0.25) is 4.79 Å². The summed E-state index contributed by atoms with van der Waals surface area (Å²) < 4.78 is 0.998. The quantitative estimate of drug-likeness (QED) is 0.507. The number of hydrogen-bond acceptors (Lipinski definition) is 1. The van der Waals surface area contributed by atoms with Gasteiger partial charge in [-0.05, 0) is 30.7 Å². The van der Waals surface area contributed by atoms with Gasteiger partial charge in [0.1, 0.15) is 0 Å². The van der Waals surface area contributed by atoms with Crippen molar-refractivity contribution >= 4 is 21.8 Å². The predicted octanol–water partition coefficient (Wildman–Crippen LogP) is 5.71. The molecule has 0 aliphatic rings. The number of halogens is 1. The number of rotatable bonds is 11. The fourth-order valence-electron chi connectivity index (χ4n) is 2.34. The Morgan fingerprint density at radius 1 is 0.905 bits per heavy atom. The van der Waals surface area contributed by atoms with Crippen molar-refractivity contribution in [2.45, 2.75) is 64.7 Å². The van der Waals surface area contributed by atoms with Gasteiger partial charge in [0.15, 0.2) is 0 Å². The molecule has 0 bridgehead atoms. The smallest absolute Gasteiger partial charge is 0.251 e. The van der Waals surface area contributed by atoms with Crippen molar-refractivity contribution in [3.63, 3.8) is 0 Å².